The van der Waals surface area contributed by atoms with Crippen LogP contribution < -0.4 is 0 Å². The normalized spacial score (nSPS) is 26.5. The van der Waals surface area contributed by atoms with E-state index in [0.29, 0.717) is 38.8 Å². The summed E-state index contributed by atoms with van der Waals surface area (Å²) in [5.41, 5.74) is 0.183. The molecule has 2 aliphatic rings. The number of pyridine rings is 1. The molecule has 0 unspecified atom stereocenters. The molecule has 3 rings (SSSR count). The lowest BCUT2D eigenvalue weighted by Crippen LogP contribution is -2.52. The molecular weight excluding hydrogens is 320 g/mol. The minimum Gasteiger partial charge on any atom is -0.444 e. The number of hydrogen-bond acceptors (Lipinski definition) is 5. The summed E-state index contributed by atoms with van der Waals surface area (Å²) >= 11 is 0. The molecule has 3 heterocycles. The third kappa shape index (κ3) is 4.50. The first-order chi connectivity index (χ1) is 11.8. The quantitative estimate of drug-likeness (QED) is 0.844. The number of nitrogens with zero attached hydrogens (tertiary/aromatic N) is 2. The van der Waals surface area contributed by atoms with Crippen molar-refractivity contribution >= 4 is 6.09 Å². The van der Waals surface area contributed by atoms with Gasteiger partial charge in [-0.2, -0.15) is 0 Å². The first-order valence-electron chi connectivity index (χ1n) is 9.00. The van der Waals surface area contributed by atoms with Gasteiger partial charge in [-0.05, 0) is 51.3 Å². The zero-order chi connectivity index (χ0) is 18.1. The van der Waals surface area contributed by atoms with Crippen molar-refractivity contribution in [3.8, 4) is 0 Å². The topological polar surface area (TPSA) is 71.9 Å². The Kier molecular flexibility index (Phi) is 5.02. The summed E-state index contributed by atoms with van der Waals surface area (Å²) in [5.74, 6) is 0. The predicted octanol–water partition coefficient (Wildman–Crippen LogP) is 3.06. The highest BCUT2D eigenvalue weighted by atomic mass is 16.6. The second-order valence-electron chi connectivity index (χ2n) is 8.13. The molecule has 0 aliphatic carbocycles. The number of carbonyl (C=O) groups excluding carboxylic acids is 1. The van der Waals surface area contributed by atoms with Gasteiger partial charge in [-0.3, -0.25) is 4.98 Å². The average Bonchev–Trinajstić information content (AvgIpc) is 2.54. The van der Waals surface area contributed by atoms with Crippen LogP contribution in [-0.4, -0.2) is 51.5 Å². The highest BCUT2D eigenvalue weighted by Crippen LogP contribution is 2.43. The molecule has 0 aromatic carbocycles. The molecule has 1 N–H and O–H groups in total. The molecule has 0 radical (unpaired) electrons. The van der Waals surface area contributed by atoms with E-state index in [1.807, 2.05) is 32.9 Å². The number of aliphatic hydroxyl groups is 1. The van der Waals surface area contributed by atoms with Gasteiger partial charge in [-0.25, -0.2) is 4.79 Å². The summed E-state index contributed by atoms with van der Waals surface area (Å²) in [6.45, 7) is 6.79. The molecule has 1 amide bonds. The molecular formula is C19H28N2O4. The molecule has 2 fully saturated rings. The fraction of sp³-hybridized carbons (Fsp3) is 0.684. The van der Waals surface area contributed by atoms with Gasteiger partial charge in [0.05, 0.1) is 17.8 Å². The summed E-state index contributed by atoms with van der Waals surface area (Å²) in [6.07, 6.45) is 5.35. The number of aromatic nitrogens is 1. The van der Waals surface area contributed by atoms with Gasteiger partial charge >= 0.3 is 6.09 Å². The molecule has 1 aromatic rings. The largest absolute Gasteiger partial charge is 0.444 e. The number of likely N-dealkylation sites (tertiary alicyclic amines) is 1. The Balaban J connectivity index is 1.64. The predicted molar refractivity (Wildman–Crippen MR) is 93.1 cm³/mol. The molecule has 2 aliphatic heterocycles. The van der Waals surface area contributed by atoms with E-state index in [0.717, 1.165) is 5.56 Å². The van der Waals surface area contributed by atoms with Crippen molar-refractivity contribution in [1.82, 2.24) is 9.88 Å². The maximum absolute atomic E-state index is 12.2. The molecule has 0 bridgehead atoms. The van der Waals surface area contributed by atoms with Crippen LogP contribution in [0.15, 0.2) is 24.5 Å². The van der Waals surface area contributed by atoms with Crippen LogP contribution in [0.3, 0.4) is 0 Å². The number of ether oxygens (including phenoxy) is 2. The Bertz CT molecular complexity index is 591. The van der Waals surface area contributed by atoms with Crippen molar-refractivity contribution in [1.29, 1.82) is 0 Å². The van der Waals surface area contributed by atoms with E-state index in [4.69, 9.17) is 9.47 Å². The van der Waals surface area contributed by atoms with Crippen LogP contribution in [0.1, 0.15) is 58.1 Å². The minimum absolute atomic E-state index is 0.125. The molecule has 1 spiro atoms. The summed E-state index contributed by atoms with van der Waals surface area (Å²) in [4.78, 5) is 18.0. The van der Waals surface area contributed by atoms with Crippen LogP contribution >= 0.6 is 0 Å². The van der Waals surface area contributed by atoms with E-state index < -0.39 is 5.60 Å². The number of carbonyl (C=O) groups is 1. The Hall–Kier alpha value is -1.66. The van der Waals surface area contributed by atoms with Crippen molar-refractivity contribution in [2.24, 2.45) is 0 Å². The summed E-state index contributed by atoms with van der Waals surface area (Å²) < 4.78 is 11.9. The second kappa shape index (κ2) is 6.92. The third-order valence-corrected chi connectivity index (χ3v) is 4.89. The first kappa shape index (κ1) is 18.1. The fourth-order valence-corrected chi connectivity index (χ4v) is 3.69. The van der Waals surface area contributed by atoms with Gasteiger partial charge in [-0.1, -0.05) is 0 Å². The number of rotatable bonds is 1. The van der Waals surface area contributed by atoms with Gasteiger partial charge in [-0.15, -0.1) is 0 Å². The number of hydrogen-bond donors (Lipinski definition) is 1. The van der Waals surface area contributed by atoms with Crippen LogP contribution in [0.4, 0.5) is 4.79 Å². The van der Waals surface area contributed by atoms with Gasteiger partial charge in [0.25, 0.3) is 0 Å². The van der Waals surface area contributed by atoms with E-state index >= 15 is 0 Å². The van der Waals surface area contributed by atoms with Crippen LogP contribution in [-0.2, 0) is 9.47 Å². The van der Waals surface area contributed by atoms with Gasteiger partial charge in [0, 0.05) is 38.3 Å². The van der Waals surface area contributed by atoms with Crippen molar-refractivity contribution in [3.63, 3.8) is 0 Å². The minimum atomic E-state index is -0.490. The van der Waals surface area contributed by atoms with E-state index in [1.54, 1.807) is 17.3 Å². The SMILES string of the molecule is CC(C)(C)OC(=O)N1CCC2(CC1)C[C@@H](O)C[C@@H](c1ccncc1)O2. The van der Waals surface area contributed by atoms with Gasteiger partial charge < -0.3 is 19.5 Å². The van der Waals surface area contributed by atoms with E-state index in [2.05, 4.69) is 4.98 Å². The number of piperidine rings is 1. The standard InChI is InChI=1S/C19H28N2O4/c1-18(2,3)25-17(23)21-10-6-19(7-11-21)13-15(22)12-16(24-19)14-4-8-20-9-5-14/h4-5,8-9,15-16,22H,6-7,10-13H2,1-3H3/t15-,16-/m0/s1. The third-order valence-electron chi connectivity index (χ3n) is 4.89. The van der Waals surface area contributed by atoms with Crippen LogP contribution in [0.2, 0.25) is 0 Å². The van der Waals surface area contributed by atoms with Gasteiger partial charge in [0.2, 0.25) is 0 Å². The molecule has 25 heavy (non-hydrogen) atoms. The highest BCUT2D eigenvalue weighted by Gasteiger charge is 2.44. The fourth-order valence-electron chi connectivity index (χ4n) is 3.69. The lowest BCUT2D eigenvalue weighted by Gasteiger charge is -2.48. The Morgan fingerprint density at radius 1 is 1.32 bits per heavy atom. The average molecular weight is 348 g/mol. The van der Waals surface area contributed by atoms with Crippen molar-refractivity contribution in [2.75, 3.05) is 13.1 Å². The monoisotopic (exact) mass is 348 g/mol. The smallest absolute Gasteiger partial charge is 0.410 e. The van der Waals surface area contributed by atoms with Crippen molar-refractivity contribution in [2.45, 2.75) is 69.9 Å². The summed E-state index contributed by atoms with van der Waals surface area (Å²) in [6, 6.07) is 3.87. The maximum Gasteiger partial charge on any atom is 0.410 e. The molecule has 2 atom stereocenters. The molecule has 138 valence electrons. The lowest BCUT2D eigenvalue weighted by atomic mass is 9.81. The van der Waals surface area contributed by atoms with Crippen LogP contribution in [0.25, 0.3) is 0 Å². The zero-order valence-electron chi connectivity index (χ0n) is 15.3. The lowest BCUT2D eigenvalue weighted by molar-refractivity contribution is -0.182. The molecule has 6 nitrogen and oxygen atoms in total. The van der Waals surface area contributed by atoms with Crippen LogP contribution in [0, 0.1) is 0 Å². The van der Waals surface area contributed by atoms with Crippen LogP contribution in [0.5, 0.6) is 0 Å². The maximum atomic E-state index is 12.2. The molecule has 6 heteroatoms. The highest BCUT2D eigenvalue weighted by molar-refractivity contribution is 5.68. The molecule has 2 saturated heterocycles. The van der Waals surface area contributed by atoms with Crippen molar-refractivity contribution < 1.29 is 19.4 Å². The number of amides is 1. The number of aliphatic hydroxyl groups excluding tert-OH is 1. The Morgan fingerprint density at radius 3 is 2.56 bits per heavy atom. The van der Waals surface area contributed by atoms with Gasteiger partial charge in [0.15, 0.2) is 0 Å². The Labute approximate surface area is 149 Å². The zero-order valence-corrected chi connectivity index (χ0v) is 15.3. The van der Waals surface area contributed by atoms with Gasteiger partial charge in [0.1, 0.15) is 5.60 Å². The second-order valence-corrected chi connectivity index (χ2v) is 8.13. The van der Waals surface area contributed by atoms with E-state index in [9.17, 15) is 9.90 Å². The van der Waals surface area contributed by atoms with E-state index in [1.165, 1.54) is 0 Å². The van der Waals surface area contributed by atoms with E-state index in [-0.39, 0.29) is 23.9 Å². The van der Waals surface area contributed by atoms with Crippen molar-refractivity contribution in [3.05, 3.63) is 30.1 Å². The first-order valence-corrected chi connectivity index (χ1v) is 9.00. The summed E-state index contributed by atoms with van der Waals surface area (Å²) in [7, 11) is 0. The molecule has 1 aromatic heterocycles. The summed E-state index contributed by atoms with van der Waals surface area (Å²) in [5, 5.41) is 10.4. The molecule has 0 saturated carbocycles. The Morgan fingerprint density at radius 2 is 1.96 bits per heavy atom.